The second kappa shape index (κ2) is 5.98. The van der Waals surface area contributed by atoms with Gasteiger partial charge in [0.1, 0.15) is 0 Å². The first-order valence-electron chi connectivity index (χ1n) is 4.50. The van der Waals surface area contributed by atoms with E-state index in [2.05, 4.69) is 13.2 Å². The minimum absolute atomic E-state index is 0.0532. The predicted octanol–water partition coefficient (Wildman–Crippen LogP) is 1.92. The molecule has 2 unspecified atom stereocenters. The Labute approximate surface area is 89.7 Å². The van der Waals surface area contributed by atoms with Crippen molar-refractivity contribution in [3.63, 3.8) is 0 Å². The Kier molecular flexibility index (Phi) is 5.34. The summed E-state index contributed by atoms with van der Waals surface area (Å²) >= 11 is 0. The van der Waals surface area contributed by atoms with Gasteiger partial charge in [-0.05, 0) is 6.92 Å². The molecule has 82 valence electrons. The highest BCUT2D eigenvalue weighted by atomic mass is 16.4. The topological polar surface area (TPSA) is 57.5 Å². The first-order valence-corrected chi connectivity index (χ1v) is 4.50. The lowest BCUT2D eigenvalue weighted by molar-refractivity contribution is -0.131. The first kappa shape index (κ1) is 13.4. The summed E-state index contributed by atoms with van der Waals surface area (Å²) in [6.45, 7) is 8.37. The number of aliphatic hydroxyl groups is 1. The highest BCUT2D eigenvalue weighted by Gasteiger charge is 2.25. The van der Waals surface area contributed by atoms with Crippen molar-refractivity contribution in [3.8, 4) is 0 Å². The van der Waals surface area contributed by atoms with Crippen molar-refractivity contribution in [2.45, 2.75) is 12.5 Å². The molecule has 0 saturated carbocycles. The zero-order chi connectivity index (χ0) is 11.9. The van der Waals surface area contributed by atoms with Gasteiger partial charge in [-0.25, -0.2) is 4.79 Å². The van der Waals surface area contributed by atoms with Crippen LogP contribution >= 0.6 is 0 Å². The summed E-state index contributed by atoms with van der Waals surface area (Å²) in [6.07, 6.45) is 10.1. The Balaban J connectivity index is 0.000000336. The molecule has 3 heteroatoms. The third kappa shape index (κ3) is 4.98. The number of allylic oxidation sites excluding steroid dienone is 2. The Morgan fingerprint density at radius 2 is 2.00 bits per heavy atom. The molecule has 0 spiro atoms. The number of carboxylic acid groups (broad SMARTS) is 1. The molecule has 0 heterocycles. The number of carboxylic acids is 1. The highest BCUT2D eigenvalue weighted by molar-refractivity contribution is 5.78. The summed E-state index contributed by atoms with van der Waals surface area (Å²) in [5.74, 6) is -0.928. The van der Waals surface area contributed by atoms with Crippen molar-refractivity contribution >= 4 is 5.97 Å². The maximum absolute atomic E-state index is 9.62. The van der Waals surface area contributed by atoms with Gasteiger partial charge in [0, 0.05) is 12.0 Å². The van der Waals surface area contributed by atoms with E-state index in [0.29, 0.717) is 0 Å². The van der Waals surface area contributed by atoms with Crippen molar-refractivity contribution in [2.24, 2.45) is 5.92 Å². The normalized spacial score (nSPS) is 27.5. The molecule has 0 fully saturated rings. The standard InChI is InChI=1S/C9H12O.C3H4O2/c1-3-8-6-4-5-7-9(8,2)10;1-2-3(4)5/h3-8,10H,1H2,2H3;2H,1H2,(H,4,5). The van der Waals surface area contributed by atoms with E-state index in [1.807, 2.05) is 18.2 Å². The van der Waals surface area contributed by atoms with Gasteiger partial charge in [0.2, 0.25) is 0 Å². The Morgan fingerprint density at radius 3 is 2.27 bits per heavy atom. The molecule has 1 rings (SSSR count). The van der Waals surface area contributed by atoms with Crippen LogP contribution in [0, 0.1) is 5.92 Å². The van der Waals surface area contributed by atoms with E-state index in [0.717, 1.165) is 6.08 Å². The van der Waals surface area contributed by atoms with Gasteiger partial charge in [-0.1, -0.05) is 37.0 Å². The smallest absolute Gasteiger partial charge is 0.327 e. The fourth-order valence-electron chi connectivity index (χ4n) is 1.06. The van der Waals surface area contributed by atoms with E-state index >= 15 is 0 Å². The summed E-state index contributed by atoms with van der Waals surface area (Å²) in [4.78, 5) is 9.25. The van der Waals surface area contributed by atoms with Crippen LogP contribution in [0.15, 0.2) is 49.6 Å². The van der Waals surface area contributed by atoms with Crippen molar-refractivity contribution in [1.29, 1.82) is 0 Å². The minimum Gasteiger partial charge on any atom is -0.478 e. The van der Waals surface area contributed by atoms with Crippen molar-refractivity contribution in [2.75, 3.05) is 0 Å². The lowest BCUT2D eigenvalue weighted by Crippen LogP contribution is -2.30. The lowest BCUT2D eigenvalue weighted by Gasteiger charge is -2.26. The first-order chi connectivity index (χ1) is 6.94. The average molecular weight is 208 g/mol. The van der Waals surface area contributed by atoms with Gasteiger partial charge in [-0.2, -0.15) is 0 Å². The molecule has 0 saturated heterocycles. The molecule has 0 radical (unpaired) electrons. The SMILES string of the molecule is C=CC(=O)O.C=CC1C=CC=CC1(C)O. The average Bonchev–Trinajstić information content (AvgIpc) is 2.18. The van der Waals surface area contributed by atoms with Gasteiger partial charge < -0.3 is 10.2 Å². The van der Waals surface area contributed by atoms with Gasteiger partial charge in [0.05, 0.1) is 5.60 Å². The molecule has 0 amide bonds. The fraction of sp³-hybridized carbons (Fsp3) is 0.250. The molecular formula is C12H16O3. The molecule has 15 heavy (non-hydrogen) atoms. The zero-order valence-electron chi connectivity index (χ0n) is 8.76. The van der Waals surface area contributed by atoms with Gasteiger partial charge in [-0.3, -0.25) is 0 Å². The maximum Gasteiger partial charge on any atom is 0.327 e. The highest BCUT2D eigenvalue weighted by Crippen LogP contribution is 2.24. The number of aliphatic carboxylic acids is 1. The van der Waals surface area contributed by atoms with E-state index in [-0.39, 0.29) is 5.92 Å². The Hall–Kier alpha value is -1.61. The van der Waals surface area contributed by atoms with Crippen LogP contribution in [-0.2, 0) is 4.79 Å². The quantitative estimate of drug-likeness (QED) is 0.538. The van der Waals surface area contributed by atoms with Gasteiger partial charge in [0.15, 0.2) is 0 Å². The van der Waals surface area contributed by atoms with Crippen LogP contribution in [0.4, 0.5) is 0 Å². The zero-order valence-corrected chi connectivity index (χ0v) is 8.76. The van der Waals surface area contributed by atoms with Crippen LogP contribution in [0.3, 0.4) is 0 Å². The Morgan fingerprint density at radius 1 is 1.47 bits per heavy atom. The largest absolute Gasteiger partial charge is 0.478 e. The Bertz CT molecular complexity index is 298. The van der Waals surface area contributed by atoms with Crippen molar-refractivity contribution < 1.29 is 15.0 Å². The molecular weight excluding hydrogens is 192 g/mol. The second-order valence-corrected chi connectivity index (χ2v) is 3.27. The van der Waals surface area contributed by atoms with Crippen LogP contribution in [0.5, 0.6) is 0 Å². The van der Waals surface area contributed by atoms with E-state index in [4.69, 9.17) is 5.11 Å². The molecule has 1 aliphatic rings. The van der Waals surface area contributed by atoms with Crippen LogP contribution < -0.4 is 0 Å². The summed E-state index contributed by atoms with van der Waals surface area (Å²) in [7, 11) is 0. The molecule has 0 bridgehead atoms. The predicted molar refractivity (Wildman–Crippen MR) is 60.4 cm³/mol. The fourth-order valence-corrected chi connectivity index (χ4v) is 1.06. The lowest BCUT2D eigenvalue weighted by atomic mass is 9.86. The van der Waals surface area contributed by atoms with Gasteiger partial charge in [0.25, 0.3) is 0 Å². The van der Waals surface area contributed by atoms with Crippen LogP contribution in [-0.4, -0.2) is 21.8 Å². The molecule has 0 aromatic heterocycles. The molecule has 0 aromatic rings. The number of hydrogen-bond acceptors (Lipinski definition) is 2. The van der Waals surface area contributed by atoms with Crippen LogP contribution in [0.2, 0.25) is 0 Å². The molecule has 2 atom stereocenters. The number of hydrogen-bond donors (Lipinski definition) is 2. The number of carbonyl (C=O) groups is 1. The summed E-state index contributed by atoms with van der Waals surface area (Å²) in [5.41, 5.74) is -0.740. The van der Waals surface area contributed by atoms with E-state index in [9.17, 15) is 9.90 Å². The van der Waals surface area contributed by atoms with Crippen LogP contribution in [0.1, 0.15) is 6.92 Å². The molecule has 0 aromatic carbocycles. The van der Waals surface area contributed by atoms with E-state index < -0.39 is 11.6 Å². The molecule has 1 aliphatic carbocycles. The maximum atomic E-state index is 9.62. The molecule has 0 aliphatic heterocycles. The number of rotatable bonds is 2. The van der Waals surface area contributed by atoms with Gasteiger partial charge >= 0.3 is 5.97 Å². The summed E-state index contributed by atoms with van der Waals surface area (Å²) in [5, 5.41) is 17.2. The second-order valence-electron chi connectivity index (χ2n) is 3.27. The van der Waals surface area contributed by atoms with Crippen molar-refractivity contribution in [1.82, 2.24) is 0 Å². The van der Waals surface area contributed by atoms with Gasteiger partial charge in [-0.15, -0.1) is 6.58 Å². The summed E-state index contributed by atoms with van der Waals surface area (Å²) < 4.78 is 0. The molecule has 2 N–H and O–H groups in total. The monoisotopic (exact) mass is 208 g/mol. The molecule has 3 nitrogen and oxygen atoms in total. The third-order valence-corrected chi connectivity index (χ3v) is 1.97. The van der Waals surface area contributed by atoms with Crippen molar-refractivity contribution in [3.05, 3.63) is 49.6 Å². The minimum atomic E-state index is -0.981. The third-order valence-electron chi connectivity index (χ3n) is 1.97. The van der Waals surface area contributed by atoms with E-state index in [1.54, 1.807) is 19.1 Å². The van der Waals surface area contributed by atoms with E-state index in [1.165, 1.54) is 0 Å². The van der Waals surface area contributed by atoms with Crippen LogP contribution in [0.25, 0.3) is 0 Å². The summed E-state index contributed by atoms with van der Waals surface area (Å²) in [6, 6.07) is 0.